The molecule has 0 fully saturated rings. The van der Waals surface area contributed by atoms with E-state index in [-0.39, 0.29) is 23.5 Å². The highest BCUT2D eigenvalue weighted by Crippen LogP contribution is 2.39. The lowest BCUT2D eigenvalue weighted by molar-refractivity contribution is 0.0523. The van der Waals surface area contributed by atoms with Crippen LogP contribution in [0.5, 0.6) is 11.5 Å². The summed E-state index contributed by atoms with van der Waals surface area (Å²) in [5.41, 5.74) is 1.63. The molecule has 2 aromatic rings. The topological polar surface area (TPSA) is 81.0 Å². The zero-order valence-corrected chi connectivity index (χ0v) is 18.9. The number of hydrogen-bond acceptors (Lipinski definition) is 6. The van der Waals surface area contributed by atoms with Crippen molar-refractivity contribution in [1.29, 1.82) is 0 Å². The van der Waals surface area contributed by atoms with Gasteiger partial charge in [-0.05, 0) is 44.9 Å². The number of phenolic OH excluding ortho intramolecular Hbond substituents is 1. The van der Waals surface area contributed by atoms with Gasteiger partial charge in [-0.2, -0.15) is 0 Å². The molecule has 1 aliphatic heterocycles. The average molecular weight is 417 g/mol. The molecule has 0 aliphatic carbocycles. The minimum Gasteiger partial charge on any atom is -0.504 e. The van der Waals surface area contributed by atoms with Crippen molar-refractivity contribution in [2.24, 2.45) is 0 Å². The monoisotopic (exact) mass is 416 g/mol. The van der Waals surface area contributed by atoms with Crippen LogP contribution in [0, 0.1) is 0 Å². The Balaban J connectivity index is 0.00000155. The first kappa shape index (κ1) is 23.3. The summed E-state index contributed by atoms with van der Waals surface area (Å²) in [5.74, 6) is -0.254. The second kappa shape index (κ2) is 9.24. The Morgan fingerprint density at radius 2 is 1.87 bits per heavy atom. The molecule has 0 saturated heterocycles. The molecule has 1 N–H and O–H groups in total. The van der Waals surface area contributed by atoms with Crippen LogP contribution in [0.15, 0.2) is 29.2 Å². The van der Waals surface area contributed by atoms with Crippen molar-refractivity contribution >= 4 is 5.97 Å². The Kier molecular flexibility index (Phi) is 7.18. The van der Waals surface area contributed by atoms with Gasteiger partial charge in [0.1, 0.15) is 5.56 Å². The fourth-order valence-electron chi connectivity index (χ4n) is 3.36. The fraction of sp³-hybridized carbons (Fsp3) is 0.478. The van der Waals surface area contributed by atoms with Gasteiger partial charge in [0.15, 0.2) is 16.9 Å². The van der Waals surface area contributed by atoms with E-state index in [1.54, 1.807) is 25.3 Å². The number of carbonyl (C=O) groups is 1. The van der Waals surface area contributed by atoms with E-state index in [0.29, 0.717) is 18.0 Å². The average Bonchev–Trinajstić information content (AvgIpc) is 2.73. The van der Waals surface area contributed by atoms with Gasteiger partial charge in [-0.1, -0.05) is 20.8 Å². The summed E-state index contributed by atoms with van der Waals surface area (Å²) < 4.78 is 12.1. The molecule has 7 nitrogen and oxygen atoms in total. The maximum absolute atomic E-state index is 12.7. The third kappa shape index (κ3) is 4.15. The smallest absolute Gasteiger partial charge is 0.343 e. The van der Waals surface area contributed by atoms with Crippen LogP contribution in [0.2, 0.25) is 0 Å². The third-order valence-corrected chi connectivity index (χ3v) is 5.35. The molecule has 0 saturated carbocycles. The Bertz CT molecular complexity index is 978. The standard InChI is InChI=1S/C21H26N2O5.C2H6/c1-6-21(3,4)23-11-13-8-18(25)19(27-5)9-14(13)16-10-17(24)15(12-22(16)23)20(26)28-7-2;1-2/h8-10,12,25H,6-7,11H2,1-5H3;1-2H3. The third-order valence-electron chi connectivity index (χ3n) is 5.35. The van der Waals surface area contributed by atoms with Crippen LogP contribution >= 0.6 is 0 Å². The maximum Gasteiger partial charge on any atom is 0.343 e. The number of carbonyl (C=O) groups excluding carboxylic acids is 1. The number of esters is 1. The molecule has 1 aromatic carbocycles. The van der Waals surface area contributed by atoms with Crippen molar-refractivity contribution < 1.29 is 19.4 Å². The molecule has 0 amide bonds. The molecule has 164 valence electrons. The van der Waals surface area contributed by atoms with Crippen LogP contribution in [0.25, 0.3) is 11.3 Å². The largest absolute Gasteiger partial charge is 0.504 e. The van der Waals surface area contributed by atoms with Crippen LogP contribution in [0.3, 0.4) is 0 Å². The van der Waals surface area contributed by atoms with E-state index in [0.717, 1.165) is 17.5 Å². The Morgan fingerprint density at radius 3 is 2.43 bits per heavy atom. The van der Waals surface area contributed by atoms with Gasteiger partial charge in [0, 0.05) is 17.8 Å². The van der Waals surface area contributed by atoms with Crippen molar-refractivity contribution in [1.82, 2.24) is 4.68 Å². The number of aromatic hydroxyl groups is 1. The van der Waals surface area contributed by atoms with Crippen LogP contribution in [-0.4, -0.2) is 35.0 Å². The molecular formula is C23H32N2O5. The minimum atomic E-state index is -0.633. The molecule has 2 heterocycles. The maximum atomic E-state index is 12.7. The van der Waals surface area contributed by atoms with E-state index in [2.05, 4.69) is 25.8 Å². The van der Waals surface area contributed by atoms with Crippen LogP contribution in [0.1, 0.15) is 63.9 Å². The number of methoxy groups -OCH3 is 1. The highest BCUT2D eigenvalue weighted by Gasteiger charge is 2.33. The predicted octanol–water partition coefficient (Wildman–Crippen LogP) is 4.07. The molecule has 0 unspecified atom stereocenters. The van der Waals surface area contributed by atoms with Gasteiger partial charge in [-0.3, -0.25) is 9.47 Å². The SMILES string of the molecule is CC.CCOC(=O)c1cn2c(cc1=O)-c1cc(OC)c(O)cc1CN2C(C)(C)CC. The number of benzene rings is 1. The van der Waals surface area contributed by atoms with Gasteiger partial charge in [0.2, 0.25) is 0 Å². The lowest BCUT2D eigenvalue weighted by Gasteiger charge is -2.45. The Morgan fingerprint density at radius 1 is 1.20 bits per heavy atom. The Labute approximate surface area is 177 Å². The number of fused-ring (bicyclic) bond motifs is 3. The summed E-state index contributed by atoms with van der Waals surface area (Å²) in [6, 6.07) is 4.83. The number of rotatable bonds is 5. The fourth-order valence-corrected chi connectivity index (χ4v) is 3.36. The van der Waals surface area contributed by atoms with E-state index in [9.17, 15) is 14.7 Å². The van der Waals surface area contributed by atoms with E-state index in [1.165, 1.54) is 13.2 Å². The summed E-state index contributed by atoms with van der Waals surface area (Å²) in [4.78, 5) is 24.9. The van der Waals surface area contributed by atoms with Crippen LogP contribution in [-0.2, 0) is 11.3 Å². The van der Waals surface area contributed by atoms with Gasteiger partial charge >= 0.3 is 5.97 Å². The first-order valence-corrected chi connectivity index (χ1v) is 10.4. The molecule has 1 aliphatic rings. The van der Waals surface area contributed by atoms with Gasteiger partial charge < -0.3 is 19.6 Å². The molecule has 0 atom stereocenters. The van der Waals surface area contributed by atoms with Gasteiger partial charge in [0.25, 0.3) is 0 Å². The second-order valence-corrected chi connectivity index (χ2v) is 7.41. The van der Waals surface area contributed by atoms with E-state index < -0.39 is 11.4 Å². The van der Waals surface area contributed by atoms with Gasteiger partial charge in [0.05, 0.1) is 31.5 Å². The molecular weight excluding hydrogens is 384 g/mol. The molecule has 0 radical (unpaired) electrons. The number of aromatic nitrogens is 1. The summed E-state index contributed by atoms with van der Waals surface area (Å²) in [6.45, 7) is 12.7. The number of pyridine rings is 1. The predicted molar refractivity (Wildman–Crippen MR) is 118 cm³/mol. The molecule has 0 bridgehead atoms. The van der Waals surface area contributed by atoms with Crippen molar-refractivity contribution in [3.05, 3.63) is 45.7 Å². The first-order chi connectivity index (χ1) is 14.2. The highest BCUT2D eigenvalue weighted by atomic mass is 16.5. The number of phenols is 1. The van der Waals surface area contributed by atoms with E-state index in [1.807, 2.05) is 18.5 Å². The molecule has 7 heteroatoms. The van der Waals surface area contributed by atoms with Gasteiger partial charge in [-0.25, -0.2) is 4.79 Å². The summed E-state index contributed by atoms with van der Waals surface area (Å²) >= 11 is 0. The molecule has 30 heavy (non-hydrogen) atoms. The van der Waals surface area contributed by atoms with Crippen LogP contribution in [0.4, 0.5) is 0 Å². The van der Waals surface area contributed by atoms with Crippen LogP contribution < -0.4 is 15.2 Å². The lowest BCUT2D eigenvalue weighted by Crippen LogP contribution is -2.52. The molecule has 3 rings (SSSR count). The number of nitrogens with zero attached hydrogens (tertiary/aromatic N) is 2. The zero-order valence-electron chi connectivity index (χ0n) is 18.9. The first-order valence-electron chi connectivity index (χ1n) is 10.4. The summed E-state index contributed by atoms with van der Waals surface area (Å²) in [7, 11) is 1.48. The van der Waals surface area contributed by atoms with Gasteiger partial charge in [-0.15, -0.1) is 0 Å². The number of ether oxygens (including phenoxy) is 2. The Hall–Kier alpha value is -2.96. The zero-order chi connectivity index (χ0) is 22.6. The highest BCUT2D eigenvalue weighted by molar-refractivity contribution is 5.89. The van der Waals surface area contributed by atoms with E-state index in [4.69, 9.17) is 9.47 Å². The lowest BCUT2D eigenvalue weighted by atomic mass is 9.95. The molecule has 0 spiro atoms. The van der Waals surface area contributed by atoms with Crippen molar-refractivity contribution in [3.63, 3.8) is 0 Å². The van der Waals surface area contributed by atoms with E-state index >= 15 is 0 Å². The van der Waals surface area contributed by atoms with Crippen molar-refractivity contribution in [2.45, 2.75) is 60.0 Å². The minimum absolute atomic E-state index is 0.00306. The van der Waals surface area contributed by atoms with Crippen molar-refractivity contribution in [2.75, 3.05) is 18.7 Å². The summed E-state index contributed by atoms with van der Waals surface area (Å²) in [5, 5.41) is 12.3. The van der Waals surface area contributed by atoms with Crippen molar-refractivity contribution in [3.8, 4) is 22.8 Å². The normalized spacial score (nSPS) is 12.3. The number of hydrogen-bond donors (Lipinski definition) is 1. The second-order valence-electron chi connectivity index (χ2n) is 7.41. The quantitative estimate of drug-likeness (QED) is 0.740. The summed E-state index contributed by atoms with van der Waals surface area (Å²) in [6.07, 6.45) is 2.39. The molecule has 1 aromatic heterocycles.